The first kappa shape index (κ1) is 28.4. The minimum atomic E-state index is -1.22. The number of carbonyl (C=O) groups excluding carboxylic acids is 4. The van der Waals surface area contributed by atoms with E-state index in [2.05, 4.69) is 5.32 Å². The number of carbonyl (C=O) groups is 4. The zero-order valence-corrected chi connectivity index (χ0v) is 23.6. The van der Waals surface area contributed by atoms with Gasteiger partial charge in [0.25, 0.3) is 0 Å². The lowest BCUT2D eigenvalue weighted by Gasteiger charge is -2.52. The van der Waals surface area contributed by atoms with Crippen LogP contribution >= 0.6 is 0 Å². The summed E-state index contributed by atoms with van der Waals surface area (Å²) >= 11 is 0. The Hall–Kier alpha value is -3.14. The smallest absolute Gasteiger partial charge is 0.320 e. The molecular weight excluding hydrogens is 514 g/mol. The number of methoxy groups -OCH3 is 1. The maximum atomic E-state index is 14.0. The van der Waals surface area contributed by atoms with Crippen LogP contribution in [0.5, 0.6) is 0 Å². The standard InChI is InChI=1S/C30H41N3O7/c1-20-30(29(37)38-2)18-22(16-26(34)31-12-7-14-32-13-5-11-27(32)35)28(36)33(19-23-10-6-15-39-23)25(30)17-24(40-20)21-8-3-4-9-21/h6,10,15,17,20-22,24H,3-5,7-9,11-14,16,18-19H2,1-2H3,(H,31,34)/t20-,22+,24-,30+/m1/s1. The number of ether oxygens (including phenoxy) is 2. The second-order valence-corrected chi connectivity index (χ2v) is 11.6. The molecular formula is C30H41N3O7. The highest BCUT2D eigenvalue weighted by Crippen LogP contribution is 2.52. The minimum absolute atomic E-state index is 0.0546. The number of hydrogen-bond donors (Lipinski definition) is 1. The predicted molar refractivity (Wildman–Crippen MR) is 144 cm³/mol. The van der Waals surface area contributed by atoms with Crippen LogP contribution < -0.4 is 5.32 Å². The van der Waals surface area contributed by atoms with E-state index in [1.54, 1.807) is 23.3 Å². The fraction of sp³-hybridized carbons (Fsp3) is 0.667. The summed E-state index contributed by atoms with van der Waals surface area (Å²) in [5, 5.41) is 2.90. The van der Waals surface area contributed by atoms with Gasteiger partial charge in [0.15, 0.2) is 0 Å². The van der Waals surface area contributed by atoms with Crippen LogP contribution in [0.3, 0.4) is 0 Å². The van der Waals surface area contributed by atoms with Gasteiger partial charge in [-0.2, -0.15) is 0 Å². The molecule has 40 heavy (non-hydrogen) atoms. The third kappa shape index (κ3) is 5.55. The molecule has 0 aromatic carbocycles. The molecule has 10 heteroatoms. The highest BCUT2D eigenvalue weighted by molar-refractivity contribution is 5.92. The number of rotatable bonds is 10. The first-order chi connectivity index (χ1) is 19.3. The summed E-state index contributed by atoms with van der Waals surface area (Å²) in [4.78, 5) is 55.9. The molecule has 4 atom stereocenters. The van der Waals surface area contributed by atoms with E-state index in [1.165, 1.54) is 7.11 Å². The van der Waals surface area contributed by atoms with Crippen molar-refractivity contribution in [3.63, 3.8) is 0 Å². The Morgan fingerprint density at radius 3 is 2.67 bits per heavy atom. The summed E-state index contributed by atoms with van der Waals surface area (Å²) in [6.07, 6.45) is 9.36. The fourth-order valence-corrected chi connectivity index (χ4v) is 7.00. The van der Waals surface area contributed by atoms with Crippen LogP contribution in [0.15, 0.2) is 34.6 Å². The molecule has 5 rings (SSSR count). The molecule has 4 aliphatic rings. The van der Waals surface area contributed by atoms with Crippen LogP contribution in [0.25, 0.3) is 0 Å². The number of amides is 3. The van der Waals surface area contributed by atoms with Crippen molar-refractivity contribution in [3.8, 4) is 0 Å². The summed E-state index contributed by atoms with van der Waals surface area (Å²) < 4.78 is 17.4. The van der Waals surface area contributed by atoms with E-state index in [9.17, 15) is 19.2 Å². The monoisotopic (exact) mass is 555 g/mol. The molecule has 1 aliphatic carbocycles. The third-order valence-electron chi connectivity index (χ3n) is 9.15. The van der Waals surface area contributed by atoms with Crippen molar-refractivity contribution in [2.45, 2.75) is 83.5 Å². The largest absolute Gasteiger partial charge is 0.468 e. The second kappa shape index (κ2) is 12.2. The van der Waals surface area contributed by atoms with Crippen LogP contribution in [0.1, 0.15) is 70.5 Å². The lowest BCUT2D eigenvalue weighted by atomic mass is 9.66. The molecule has 0 bridgehead atoms. The van der Waals surface area contributed by atoms with Crippen LogP contribution in [-0.2, 0) is 35.2 Å². The van der Waals surface area contributed by atoms with Gasteiger partial charge in [-0.1, -0.05) is 12.8 Å². The molecule has 0 spiro atoms. The number of fused-ring (bicyclic) bond motifs is 1. The number of furan rings is 1. The highest BCUT2D eigenvalue weighted by Gasteiger charge is 2.60. The molecule has 4 heterocycles. The number of nitrogens with one attached hydrogen (secondary N) is 1. The van der Waals surface area contributed by atoms with Crippen LogP contribution in [0.2, 0.25) is 0 Å². The van der Waals surface area contributed by atoms with Gasteiger partial charge in [0, 0.05) is 44.1 Å². The zero-order valence-electron chi connectivity index (χ0n) is 23.6. The lowest BCUT2D eigenvalue weighted by molar-refractivity contribution is -0.178. The second-order valence-electron chi connectivity index (χ2n) is 11.6. The van der Waals surface area contributed by atoms with Gasteiger partial charge in [-0.05, 0) is 63.2 Å². The number of nitrogens with zero attached hydrogens (tertiary/aromatic N) is 2. The molecule has 1 aromatic heterocycles. The summed E-state index contributed by atoms with van der Waals surface area (Å²) in [6, 6.07) is 3.56. The van der Waals surface area contributed by atoms with Crippen LogP contribution in [0.4, 0.5) is 0 Å². The zero-order chi connectivity index (χ0) is 28.3. The van der Waals surface area contributed by atoms with Crippen molar-refractivity contribution < 1.29 is 33.1 Å². The molecule has 10 nitrogen and oxygen atoms in total. The minimum Gasteiger partial charge on any atom is -0.468 e. The maximum absolute atomic E-state index is 14.0. The van der Waals surface area contributed by atoms with Gasteiger partial charge in [0.1, 0.15) is 11.2 Å². The van der Waals surface area contributed by atoms with E-state index in [0.29, 0.717) is 43.3 Å². The van der Waals surface area contributed by atoms with Gasteiger partial charge in [0.05, 0.1) is 32.1 Å². The van der Waals surface area contributed by atoms with Gasteiger partial charge < -0.3 is 29.0 Å². The van der Waals surface area contributed by atoms with Crippen molar-refractivity contribution in [1.82, 2.24) is 15.1 Å². The number of piperidine rings is 1. The average Bonchev–Trinajstić information content (AvgIpc) is 3.73. The molecule has 0 unspecified atom stereocenters. The summed E-state index contributed by atoms with van der Waals surface area (Å²) in [7, 11) is 1.35. The van der Waals surface area contributed by atoms with Crippen molar-refractivity contribution in [2.75, 3.05) is 26.7 Å². The van der Waals surface area contributed by atoms with Gasteiger partial charge in [-0.15, -0.1) is 0 Å². The Morgan fingerprint density at radius 1 is 1.20 bits per heavy atom. The Kier molecular flexibility index (Phi) is 8.63. The first-order valence-electron chi connectivity index (χ1n) is 14.7. The molecule has 3 amide bonds. The van der Waals surface area contributed by atoms with E-state index in [0.717, 1.165) is 38.6 Å². The van der Waals surface area contributed by atoms with Crippen molar-refractivity contribution in [2.24, 2.45) is 17.3 Å². The first-order valence-corrected chi connectivity index (χ1v) is 14.7. The van der Waals surface area contributed by atoms with Gasteiger partial charge in [-0.3, -0.25) is 19.2 Å². The highest BCUT2D eigenvalue weighted by atomic mass is 16.5. The molecule has 1 aromatic rings. The van der Waals surface area contributed by atoms with Crippen molar-refractivity contribution in [3.05, 3.63) is 35.9 Å². The van der Waals surface area contributed by atoms with E-state index in [1.807, 2.05) is 17.9 Å². The van der Waals surface area contributed by atoms with Crippen LogP contribution in [-0.4, -0.2) is 72.4 Å². The van der Waals surface area contributed by atoms with E-state index in [-0.39, 0.29) is 43.2 Å². The van der Waals surface area contributed by atoms with E-state index < -0.39 is 23.4 Å². The molecule has 0 radical (unpaired) electrons. The lowest BCUT2D eigenvalue weighted by Crippen LogP contribution is -2.60. The molecule has 2 saturated heterocycles. The predicted octanol–water partition coefficient (Wildman–Crippen LogP) is 3.17. The maximum Gasteiger partial charge on any atom is 0.320 e. The Labute approximate surface area is 235 Å². The van der Waals surface area contributed by atoms with Crippen molar-refractivity contribution >= 4 is 23.7 Å². The number of esters is 1. The third-order valence-corrected chi connectivity index (χ3v) is 9.15. The van der Waals surface area contributed by atoms with Crippen molar-refractivity contribution in [1.29, 1.82) is 0 Å². The normalized spacial score (nSPS) is 28.9. The summed E-state index contributed by atoms with van der Waals surface area (Å²) in [6.45, 7) is 3.82. The van der Waals surface area contributed by atoms with Gasteiger partial charge in [-0.25, -0.2) is 0 Å². The summed E-state index contributed by atoms with van der Waals surface area (Å²) in [5.41, 5.74) is -0.617. The van der Waals surface area contributed by atoms with Gasteiger partial charge in [0.2, 0.25) is 17.7 Å². The number of hydrogen-bond acceptors (Lipinski definition) is 7. The quantitative estimate of drug-likeness (QED) is 0.348. The van der Waals surface area contributed by atoms with Crippen LogP contribution in [0, 0.1) is 17.3 Å². The SMILES string of the molecule is COC(=O)[C@]12C[C@H](CC(=O)NCCCN3CCCC3=O)C(=O)N(Cc3ccco3)C1=C[C@H](C1CCCC1)O[C@@H]2C. The molecule has 218 valence electrons. The average molecular weight is 556 g/mol. The summed E-state index contributed by atoms with van der Waals surface area (Å²) in [5.74, 6) is -0.582. The topological polar surface area (TPSA) is 118 Å². The Balaban J connectivity index is 1.36. The van der Waals surface area contributed by atoms with Gasteiger partial charge >= 0.3 is 5.97 Å². The molecule has 3 fully saturated rings. The Morgan fingerprint density at radius 2 is 2.00 bits per heavy atom. The van der Waals surface area contributed by atoms with E-state index in [4.69, 9.17) is 13.9 Å². The number of likely N-dealkylation sites (tertiary alicyclic amines) is 2. The van der Waals surface area contributed by atoms with E-state index >= 15 is 0 Å². The molecule has 3 aliphatic heterocycles. The molecule has 1 N–H and O–H groups in total. The fourth-order valence-electron chi connectivity index (χ4n) is 7.00. The Bertz CT molecular complexity index is 1130. The molecule has 1 saturated carbocycles.